The number of ether oxygens (including phenoxy) is 1. The van der Waals surface area contributed by atoms with Crippen LogP contribution in [0.3, 0.4) is 0 Å². The molecule has 0 aliphatic carbocycles. The van der Waals surface area contributed by atoms with Gasteiger partial charge in [0, 0.05) is 68.8 Å². The van der Waals surface area contributed by atoms with Crippen molar-refractivity contribution in [3.63, 3.8) is 0 Å². The van der Waals surface area contributed by atoms with Crippen LogP contribution in [0.1, 0.15) is 30.0 Å². The minimum atomic E-state index is 0.565. The highest BCUT2D eigenvalue weighted by Gasteiger charge is 2.25. The summed E-state index contributed by atoms with van der Waals surface area (Å²) in [5.41, 5.74) is 2.71. The molecule has 4 rings (SSSR count). The third kappa shape index (κ3) is 4.29. The molecule has 2 aromatic heterocycles. The largest absolute Gasteiger partial charge is 0.379 e. The highest BCUT2D eigenvalue weighted by Crippen LogP contribution is 2.28. The number of likely N-dealkylation sites (tertiary alicyclic amines) is 1. The van der Waals surface area contributed by atoms with Gasteiger partial charge in [0.1, 0.15) is 0 Å². The second kappa shape index (κ2) is 8.12. The van der Waals surface area contributed by atoms with Crippen molar-refractivity contribution >= 4 is 0 Å². The van der Waals surface area contributed by atoms with Crippen LogP contribution in [0, 0.1) is 0 Å². The van der Waals surface area contributed by atoms with Crippen LogP contribution in [-0.4, -0.2) is 75.5 Å². The molecule has 7 nitrogen and oxygen atoms in total. The molecule has 1 atom stereocenters. The van der Waals surface area contributed by atoms with E-state index in [0.717, 1.165) is 52.5 Å². The number of imidazole rings is 1. The van der Waals surface area contributed by atoms with Gasteiger partial charge in [-0.05, 0) is 19.4 Å². The first-order valence-electron chi connectivity index (χ1n) is 9.39. The van der Waals surface area contributed by atoms with Gasteiger partial charge >= 0.3 is 0 Å². The second-order valence-electron chi connectivity index (χ2n) is 7.14. The molecular formula is C18H28N6O. The average molecular weight is 344 g/mol. The van der Waals surface area contributed by atoms with Gasteiger partial charge in [-0.3, -0.25) is 10.00 Å². The third-order valence-electron chi connectivity index (χ3n) is 5.40. The molecule has 0 unspecified atom stereocenters. The summed E-state index contributed by atoms with van der Waals surface area (Å²) in [5, 5.41) is 7.67. The Labute approximate surface area is 149 Å². The lowest BCUT2D eigenvalue weighted by atomic mass is 9.92. The molecule has 1 N–H and O–H groups in total. The number of aromatic nitrogens is 4. The van der Waals surface area contributed by atoms with E-state index in [2.05, 4.69) is 29.5 Å². The number of H-pyrrole nitrogens is 1. The molecular weight excluding hydrogens is 316 g/mol. The zero-order chi connectivity index (χ0) is 16.9. The number of hydrogen-bond donors (Lipinski definition) is 1. The predicted octanol–water partition coefficient (Wildman–Crippen LogP) is 1.32. The number of piperidine rings is 1. The van der Waals surface area contributed by atoms with E-state index in [0.29, 0.717) is 5.92 Å². The summed E-state index contributed by atoms with van der Waals surface area (Å²) in [6, 6.07) is 0. The lowest BCUT2D eigenvalue weighted by molar-refractivity contribution is 0.0339. The van der Waals surface area contributed by atoms with Gasteiger partial charge in [0.05, 0.1) is 25.7 Å². The van der Waals surface area contributed by atoms with Crippen molar-refractivity contribution in [2.24, 2.45) is 0 Å². The van der Waals surface area contributed by atoms with Crippen LogP contribution in [0.5, 0.6) is 0 Å². The van der Waals surface area contributed by atoms with E-state index in [1.54, 1.807) is 0 Å². The Bertz CT molecular complexity index is 634. The predicted molar refractivity (Wildman–Crippen MR) is 95.3 cm³/mol. The zero-order valence-corrected chi connectivity index (χ0v) is 14.8. The Morgan fingerprint density at radius 2 is 2.08 bits per heavy atom. The molecule has 0 bridgehead atoms. The van der Waals surface area contributed by atoms with Crippen molar-refractivity contribution in [3.8, 4) is 0 Å². The minimum Gasteiger partial charge on any atom is -0.379 e. The molecule has 0 radical (unpaired) electrons. The highest BCUT2D eigenvalue weighted by atomic mass is 16.5. The Kier molecular flexibility index (Phi) is 5.44. The maximum atomic E-state index is 5.46. The van der Waals surface area contributed by atoms with Crippen LogP contribution in [-0.2, 0) is 17.8 Å². The van der Waals surface area contributed by atoms with Gasteiger partial charge in [0.25, 0.3) is 0 Å². The summed E-state index contributed by atoms with van der Waals surface area (Å²) in [6.07, 6.45) is 10.3. The molecule has 0 spiro atoms. The maximum Gasteiger partial charge on any atom is 0.0946 e. The van der Waals surface area contributed by atoms with Gasteiger partial charge < -0.3 is 14.2 Å². The molecule has 25 heavy (non-hydrogen) atoms. The molecule has 2 aromatic rings. The molecule has 2 fully saturated rings. The van der Waals surface area contributed by atoms with Crippen LogP contribution in [0.25, 0.3) is 0 Å². The summed E-state index contributed by atoms with van der Waals surface area (Å²) in [6.45, 7) is 9.12. The lowest BCUT2D eigenvalue weighted by Gasteiger charge is -2.33. The number of rotatable bonds is 6. The van der Waals surface area contributed by atoms with Gasteiger partial charge in [-0.25, -0.2) is 4.98 Å². The van der Waals surface area contributed by atoms with Gasteiger partial charge in [-0.15, -0.1) is 0 Å². The van der Waals surface area contributed by atoms with E-state index in [4.69, 9.17) is 4.74 Å². The van der Waals surface area contributed by atoms with Crippen molar-refractivity contribution in [2.45, 2.75) is 31.8 Å². The van der Waals surface area contributed by atoms with E-state index < -0.39 is 0 Å². The van der Waals surface area contributed by atoms with E-state index in [-0.39, 0.29) is 0 Å². The fourth-order valence-electron chi connectivity index (χ4n) is 3.97. The molecule has 7 heteroatoms. The molecule has 2 saturated heterocycles. The minimum absolute atomic E-state index is 0.565. The Hall–Kier alpha value is -1.70. The smallest absolute Gasteiger partial charge is 0.0946 e. The monoisotopic (exact) mass is 344 g/mol. The first kappa shape index (κ1) is 16.8. The van der Waals surface area contributed by atoms with Crippen LogP contribution in [0.2, 0.25) is 0 Å². The topological polar surface area (TPSA) is 62.2 Å². The summed E-state index contributed by atoms with van der Waals surface area (Å²) < 4.78 is 7.62. The van der Waals surface area contributed by atoms with E-state index in [1.165, 1.54) is 30.6 Å². The quantitative estimate of drug-likeness (QED) is 0.856. The normalized spacial score (nSPS) is 23.1. The van der Waals surface area contributed by atoms with E-state index in [9.17, 15) is 0 Å². The number of nitrogens with zero attached hydrogens (tertiary/aromatic N) is 5. The molecule has 2 aliphatic rings. The standard InChI is InChI=1S/C18H28N6O/c1-2-16(13-22(4-1)6-7-24-5-3-19-15-24)18-17(12-20-21-18)14-23-8-10-25-11-9-23/h3,5,12,15-16H,1-2,4,6-11,13-14H2,(H,20,21)/t16-/m0/s1. The molecule has 0 aromatic carbocycles. The fraction of sp³-hybridized carbons (Fsp3) is 0.667. The summed E-state index contributed by atoms with van der Waals surface area (Å²) >= 11 is 0. The summed E-state index contributed by atoms with van der Waals surface area (Å²) in [7, 11) is 0. The second-order valence-corrected chi connectivity index (χ2v) is 7.14. The van der Waals surface area contributed by atoms with Gasteiger partial charge in [0.2, 0.25) is 0 Å². The van der Waals surface area contributed by atoms with Crippen LogP contribution in [0.15, 0.2) is 24.9 Å². The molecule has 0 amide bonds. The highest BCUT2D eigenvalue weighted by molar-refractivity contribution is 5.21. The van der Waals surface area contributed by atoms with Crippen molar-refractivity contribution in [1.29, 1.82) is 0 Å². The van der Waals surface area contributed by atoms with E-state index >= 15 is 0 Å². The fourth-order valence-corrected chi connectivity index (χ4v) is 3.97. The molecule has 136 valence electrons. The molecule has 4 heterocycles. The Morgan fingerprint density at radius 1 is 1.16 bits per heavy atom. The third-order valence-corrected chi connectivity index (χ3v) is 5.40. The van der Waals surface area contributed by atoms with Crippen LogP contribution < -0.4 is 0 Å². The lowest BCUT2D eigenvalue weighted by Crippen LogP contribution is -2.38. The van der Waals surface area contributed by atoms with Gasteiger partial charge in [0.15, 0.2) is 0 Å². The van der Waals surface area contributed by atoms with Crippen molar-refractivity contribution in [1.82, 2.24) is 29.5 Å². The molecule has 2 aliphatic heterocycles. The number of morpholine rings is 1. The number of hydrogen-bond acceptors (Lipinski definition) is 5. The SMILES string of the molecule is c1cn(CCN2CCC[C@H](c3[nH]ncc3CN3CCOCC3)C2)cn1. The number of aromatic amines is 1. The average Bonchev–Trinajstić information content (AvgIpc) is 3.33. The van der Waals surface area contributed by atoms with Crippen LogP contribution >= 0.6 is 0 Å². The van der Waals surface area contributed by atoms with E-state index in [1.807, 2.05) is 24.9 Å². The number of nitrogens with one attached hydrogen (secondary N) is 1. The van der Waals surface area contributed by atoms with Gasteiger partial charge in [-0.1, -0.05) is 0 Å². The Balaban J connectivity index is 1.35. The van der Waals surface area contributed by atoms with Crippen molar-refractivity contribution in [2.75, 3.05) is 45.9 Å². The summed E-state index contributed by atoms with van der Waals surface area (Å²) in [5.74, 6) is 0.565. The first-order chi connectivity index (χ1) is 12.4. The first-order valence-corrected chi connectivity index (χ1v) is 9.39. The van der Waals surface area contributed by atoms with Crippen molar-refractivity contribution in [3.05, 3.63) is 36.2 Å². The molecule has 0 saturated carbocycles. The zero-order valence-electron chi connectivity index (χ0n) is 14.8. The maximum absolute atomic E-state index is 5.46. The van der Waals surface area contributed by atoms with Crippen molar-refractivity contribution < 1.29 is 4.74 Å². The summed E-state index contributed by atoms with van der Waals surface area (Å²) in [4.78, 5) is 9.17. The Morgan fingerprint density at radius 3 is 2.92 bits per heavy atom. The van der Waals surface area contributed by atoms with Crippen LogP contribution in [0.4, 0.5) is 0 Å². The van der Waals surface area contributed by atoms with Gasteiger partial charge in [-0.2, -0.15) is 5.10 Å².